The Kier molecular flexibility index (Phi) is 6.53. The molecule has 0 saturated carbocycles. The first-order valence-corrected chi connectivity index (χ1v) is 9.71. The van der Waals surface area contributed by atoms with Crippen LogP contribution in [0.25, 0.3) is 0 Å². The molecule has 0 bridgehead atoms. The number of thiocarbonyl (C=S) groups is 1. The monoisotopic (exact) mass is 417 g/mol. The molecule has 4 N–H and O–H groups in total. The molecule has 0 aliphatic carbocycles. The molecule has 156 valence electrons. The van der Waals surface area contributed by atoms with Gasteiger partial charge in [0.1, 0.15) is 11.6 Å². The summed E-state index contributed by atoms with van der Waals surface area (Å²) in [6.45, 7) is 11.9. The van der Waals surface area contributed by atoms with Crippen LogP contribution in [-0.4, -0.2) is 16.1 Å². The van der Waals surface area contributed by atoms with E-state index in [1.54, 1.807) is 12.1 Å². The van der Waals surface area contributed by atoms with Crippen LogP contribution in [-0.2, 0) is 10.8 Å². The quantitative estimate of drug-likeness (QED) is 0.419. The van der Waals surface area contributed by atoms with Crippen molar-refractivity contribution in [2.75, 3.05) is 5.32 Å². The fourth-order valence-corrected chi connectivity index (χ4v) is 2.96. The number of nitrogens with one attached hydrogen (secondary N) is 3. The molecule has 29 heavy (non-hydrogen) atoms. The van der Waals surface area contributed by atoms with Crippen LogP contribution in [0.4, 0.5) is 10.1 Å². The van der Waals surface area contributed by atoms with Crippen molar-refractivity contribution in [2.45, 2.75) is 52.4 Å². The van der Waals surface area contributed by atoms with Gasteiger partial charge in [0, 0.05) is 22.4 Å². The van der Waals surface area contributed by atoms with Crippen molar-refractivity contribution >= 4 is 28.9 Å². The van der Waals surface area contributed by atoms with Crippen LogP contribution in [0.3, 0.4) is 0 Å². The second-order valence-corrected chi connectivity index (χ2v) is 9.37. The Balaban J connectivity index is 2.19. The van der Waals surface area contributed by atoms with Crippen LogP contribution in [0.5, 0.6) is 5.75 Å². The van der Waals surface area contributed by atoms with Gasteiger partial charge in [-0.15, -0.1) is 0 Å². The minimum Gasteiger partial charge on any atom is -0.507 e. The van der Waals surface area contributed by atoms with Gasteiger partial charge in [0.2, 0.25) is 0 Å². The summed E-state index contributed by atoms with van der Waals surface area (Å²) in [4.78, 5) is 12.7. The molecule has 5 nitrogen and oxygen atoms in total. The smallest absolute Gasteiger partial charge is 0.269 e. The molecule has 0 saturated heterocycles. The molecule has 0 fully saturated rings. The van der Waals surface area contributed by atoms with Crippen molar-refractivity contribution in [3.63, 3.8) is 0 Å². The highest BCUT2D eigenvalue weighted by molar-refractivity contribution is 7.80. The van der Waals surface area contributed by atoms with E-state index in [0.717, 1.165) is 0 Å². The molecule has 2 rings (SSSR count). The molecule has 0 atom stereocenters. The van der Waals surface area contributed by atoms with Gasteiger partial charge in [-0.1, -0.05) is 41.5 Å². The van der Waals surface area contributed by atoms with Gasteiger partial charge in [0.15, 0.2) is 5.11 Å². The summed E-state index contributed by atoms with van der Waals surface area (Å²) in [5, 5.41) is 13.8. The van der Waals surface area contributed by atoms with Gasteiger partial charge in [-0.25, -0.2) is 4.39 Å². The Labute approximate surface area is 176 Å². The van der Waals surface area contributed by atoms with Gasteiger partial charge < -0.3 is 10.4 Å². The maximum atomic E-state index is 13.0. The maximum Gasteiger partial charge on any atom is 0.269 e. The largest absolute Gasteiger partial charge is 0.507 e. The van der Waals surface area contributed by atoms with E-state index in [0.29, 0.717) is 22.4 Å². The predicted octanol–water partition coefficient (Wildman–Crippen LogP) is 4.76. The number of benzene rings is 2. The molecule has 2 aromatic rings. The molecule has 7 heteroatoms. The van der Waals surface area contributed by atoms with Crippen LogP contribution in [0.1, 0.15) is 63.0 Å². The Morgan fingerprint density at radius 1 is 0.931 bits per heavy atom. The molecule has 0 unspecified atom stereocenters. The SMILES string of the molecule is CC(C)(C)c1cc(C(=O)NNC(=S)Nc2ccc(F)cc2)cc(C(C)(C)C)c1O. The number of phenols is 1. The number of amides is 1. The summed E-state index contributed by atoms with van der Waals surface area (Å²) in [5.74, 6) is -0.522. The molecular weight excluding hydrogens is 389 g/mol. The lowest BCUT2D eigenvalue weighted by Gasteiger charge is -2.28. The van der Waals surface area contributed by atoms with Gasteiger partial charge in [-0.3, -0.25) is 15.6 Å². The first-order valence-electron chi connectivity index (χ1n) is 9.30. The summed E-state index contributed by atoms with van der Waals surface area (Å²) < 4.78 is 13.0. The minimum absolute atomic E-state index is 0.163. The third-order valence-electron chi connectivity index (χ3n) is 4.38. The molecule has 0 radical (unpaired) electrons. The highest BCUT2D eigenvalue weighted by Gasteiger charge is 2.27. The normalized spacial score (nSPS) is 11.7. The van der Waals surface area contributed by atoms with Crippen molar-refractivity contribution in [3.8, 4) is 5.75 Å². The molecule has 0 aliphatic rings. The van der Waals surface area contributed by atoms with E-state index < -0.39 is 0 Å². The van der Waals surface area contributed by atoms with Gasteiger partial charge in [-0.05, 0) is 59.4 Å². The Morgan fingerprint density at radius 3 is 1.86 bits per heavy atom. The number of phenolic OH excluding ortho intramolecular Hbond substituents is 1. The summed E-state index contributed by atoms with van der Waals surface area (Å²) in [6, 6.07) is 9.08. The first kappa shape index (κ1) is 22.6. The fourth-order valence-electron chi connectivity index (χ4n) is 2.79. The lowest BCUT2D eigenvalue weighted by molar-refractivity contribution is 0.0944. The zero-order valence-electron chi connectivity index (χ0n) is 17.6. The second-order valence-electron chi connectivity index (χ2n) is 8.96. The minimum atomic E-state index is -0.385. The summed E-state index contributed by atoms with van der Waals surface area (Å²) in [6.07, 6.45) is 0. The summed E-state index contributed by atoms with van der Waals surface area (Å²) >= 11 is 5.16. The lowest BCUT2D eigenvalue weighted by atomic mass is 9.78. The third-order valence-corrected chi connectivity index (χ3v) is 4.58. The predicted molar refractivity (Wildman–Crippen MR) is 119 cm³/mol. The average Bonchev–Trinajstić information content (AvgIpc) is 2.60. The Bertz CT molecular complexity index is 878. The van der Waals surface area contributed by atoms with E-state index in [1.165, 1.54) is 24.3 Å². The van der Waals surface area contributed by atoms with E-state index in [4.69, 9.17) is 12.2 Å². The van der Waals surface area contributed by atoms with E-state index in [-0.39, 0.29) is 33.4 Å². The summed E-state index contributed by atoms with van der Waals surface area (Å²) in [7, 11) is 0. The standard InChI is InChI=1S/C22H28FN3O2S/c1-21(2,3)16-11-13(12-17(18(16)27)22(4,5)6)19(28)25-26-20(29)24-15-9-7-14(23)8-10-15/h7-12,27H,1-6H3,(H,25,28)(H2,24,26,29). The number of aromatic hydroxyl groups is 1. The van der Waals surface area contributed by atoms with Crippen molar-refractivity contribution in [2.24, 2.45) is 0 Å². The molecule has 0 spiro atoms. The number of rotatable bonds is 2. The van der Waals surface area contributed by atoms with Gasteiger partial charge >= 0.3 is 0 Å². The Hall–Kier alpha value is -2.67. The number of hydrazine groups is 1. The lowest BCUT2D eigenvalue weighted by Crippen LogP contribution is -2.43. The molecular formula is C22H28FN3O2S. The van der Waals surface area contributed by atoms with Crippen molar-refractivity contribution in [1.82, 2.24) is 10.9 Å². The van der Waals surface area contributed by atoms with Crippen molar-refractivity contribution < 1.29 is 14.3 Å². The molecule has 0 aliphatic heterocycles. The second kappa shape index (κ2) is 8.37. The first-order chi connectivity index (χ1) is 13.3. The van der Waals surface area contributed by atoms with E-state index in [9.17, 15) is 14.3 Å². The number of anilines is 1. The van der Waals surface area contributed by atoms with Gasteiger partial charge in [0.25, 0.3) is 5.91 Å². The van der Waals surface area contributed by atoms with E-state index >= 15 is 0 Å². The molecule has 2 aromatic carbocycles. The average molecular weight is 418 g/mol. The topological polar surface area (TPSA) is 73.4 Å². The third kappa shape index (κ3) is 5.90. The number of halogens is 1. The number of hydrogen-bond acceptors (Lipinski definition) is 3. The zero-order chi connectivity index (χ0) is 22.0. The van der Waals surface area contributed by atoms with Crippen LogP contribution < -0.4 is 16.2 Å². The maximum absolute atomic E-state index is 13.0. The fraction of sp³-hybridized carbons (Fsp3) is 0.364. The summed E-state index contributed by atoms with van der Waals surface area (Å²) in [5.41, 5.74) is 6.91. The highest BCUT2D eigenvalue weighted by Crippen LogP contribution is 2.39. The molecule has 1 amide bonds. The van der Waals surface area contributed by atoms with Gasteiger partial charge in [0.05, 0.1) is 0 Å². The van der Waals surface area contributed by atoms with E-state index in [1.807, 2.05) is 41.5 Å². The van der Waals surface area contributed by atoms with Crippen LogP contribution in [0, 0.1) is 5.82 Å². The van der Waals surface area contributed by atoms with E-state index in [2.05, 4.69) is 16.2 Å². The number of carbonyl (C=O) groups is 1. The van der Waals surface area contributed by atoms with Gasteiger partial charge in [-0.2, -0.15) is 0 Å². The zero-order valence-corrected chi connectivity index (χ0v) is 18.4. The molecule has 0 heterocycles. The van der Waals surface area contributed by atoms with Crippen molar-refractivity contribution in [1.29, 1.82) is 0 Å². The van der Waals surface area contributed by atoms with Crippen molar-refractivity contribution in [3.05, 3.63) is 58.9 Å². The Morgan fingerprint density at radius 2 is 1.41 bits per heavy atom. The highest BCUT2D eigenvalue weighted by atomic mass is 32.1. The molecule has 0 aromatic heterocycles. The number of hydrogen-bond donors (Lipinski definition) is 4. The van der Waals surface area contributed by atoms with Crippen LogP contribution in [0.2, 0.25) is 0 Å². The van der Waals surface area contributed by atoms with Crippen LogP contribution >= 0.6 is 12.2 Å². The van der Waals surface area contributed by atoms with Crippen LogP contribution in [0.15, 0.2) is 36.4 Å². The number of carbonyl (C=O) groups excluding carboxylic acids is 1.